The van der Waals surface area contributed by atoms with Gasteiger partial charge in [-0.2, -0.15) is 0 Å². The Morgan fingerprint density at radius 1 is 0.938 bits per heavy atom. The summed E-state index contributed by atoms with van der Waals surface area (Å²) in [6, 6.07) is 9.64. The van der Waals surface area contributed by atoms with Gasteiger partial charge in [0.25, 0.3) is 11.8 Å². The average Bonchev–Trinajstić information content (AvgIpc) is 3.15. The average molecular weight is 481 g/mol. The molecule has 0 aliphatic carbocycles. The Bertz CT molecular complexity index is 1100. The van der Waals surface area contributed by atoms with Crippen molar-refractivity contribution in [3.8, 4) is 0 Å². The van der Waals surface area contributed by atoms with Crippen LogP contribution in [0.5, 0.6) is 0 Å². The summed E-state index contributed by atoms with van der Waals surface area (Å²) in [6.45, 7) is 7.44. The number of nitrogens with zero attached hydrogens (tertiary/aromatic N) is 3. The Morgan fingerprint density at radius 3 is 2.06 bits per heavy atom. The second-order valence-electron chi connectivity index (χ2n) is 7.52. The summed E-state index contributed by atoms with van der Waals surface area (Å²) in [5.41, 5.74) is 2.32. The van der Waals surface area contributed by atoms with Crippen molar-refractivity contribution in [1.29, 1.82) is 0 Å². The molecule has 0 spiro atoms. The maximum atomic E-state index is 12.8. The van der Waals surface area contributed by atoms with E-state index in [1.807, 2.05) is 37.3 Å². The molecule has 2 aromatic rings. The maximum absolute atomic E-state index is 12.8. The number of carbonyl (C=O) groups excluding carboxylic acids is 2. The molecule has 5 nitrogen and oxygen atoms in total. The summed E-state index contributed by atoms with van der Waals surface area (Å²) in [5, 5.41) is 1.77. The molecule has 0 aromatic heterocycles. The fourth-order valence-corrected chi connectivity index (χ4v) is 3.78. The Morgan fingerprint density at radius 2 is 1.53 bits per heavy atom. The van der Waals surface area contributed by atoms with E-state index in [4.69, 9.17) is 0 Å². The van der Waals surface area contributed by atoms with Crippen LogP contribution in [0.2, 0.25) is 0 Å². The molecule has 0 saturated carbocycles. The molecule has 0 atom stereocenters. The molecule has 176 valence electrons. The molecule has 0 saturated heterocycles. The van der Waals surface area contributed by atoms with Gasteiger partial charge in [0.05, 0.1) is 6.54 Å². The Balaban J connectivity index is 0.000000360. The van der Waals surface area contributed by atoms with Crippen molar-refractivity contribution in [2.75, 3.05) is 31.1 Å². The van der Waals surface area contributed by atoms with Crippen LogP contribution in [-0.2, 0) is 0 Å². The monoisotopic (exact) mass is 481 g/mol. The minimum absolute atomic E-state index is 0.178. The summed E-state index contributed by atoms with van der Waals surface area (Å²) in [5.74, 6) is -0.356. The number of anilines is 1. The van der Waals surface area contributed by atoms with Crippen LogP contribution < -0.4 is 4.90 Å². The number of benzene rings is 2. The van der Waals surface area contributed by atoms with Crippen LogP contribution in [0, 0.1) is 0 Å². The molecular weight excluding hydrogens is 459 g/mol. The molecule has 2 aliphatic heterocycles. The van der Waals surface area contributed by atoms with Gasteiger partial charge >= 0.3 is 33.0 Å². The van der Waals surface area contributed by atoms with E-state index >= 15 is 0 Å². The van der Waals surface area contributed by atoms with Gasteiger partial charge in [0.2, 0.25) is 6.34 Å². The van der Waals surface area contributed by atoms with Gasteiger partial charge in [-0.05, 0) is 31.5 Å². The first-order chi connectivity index (χ1) is 14.6. The number of rotatable bonds is 4. The molecule has 0 bridgehead atoms. The van der Waals surface area contributed by atoms with E-state index < -0.39 is 7.81 Å². The van der Waals surface area contributed by atoms with E-state index in [0.717, 1.165) is 42.5 Å². The number of hydrogen-bond donors (Lipinski definition) is 0. The second kappa shape index (κ2) is 7.43. The molecule has 2 aliphatic rings. The van der Waals surface area contributed by atoms with Crippen LogP contribution in [0.15, 0.2) is 30.3 Å². The fourth-order valence-electron chi connectivity index (χ4n) is 3.78. The van der Waals surface area contributed by atoms with Gasteiger partial charge in [-0.3, -0.25) is 19.1 Å². The van der Waals surface area contributed by atoms with Crippen LogP contribution in [0.3, 0.4) is 0 Å². The van der Waals surface area contributed by atoms with Crippen LogP contribution in [0.4, 0.5) is 30.9 Å². The van der Waals surface area contributed by atoms with Crippen molar-refractivity contribution in [2.24, 2.45) is 0 Å². The normalized spacial score (nSPS) is 18.2. The summed E-state index contributed by atoms with van der Waals surface area (Å²) in [7, 11) is -10.7. The van der Waals surface area contributed by atoms with Crippen LogP contribution in [0.1, 0.15) is 41.0 Å². The van der Waals surface area contributed by atoms with Gasteiger partial charge in [0.1, 0.15) is 18.8 Å². The topological polar surface area (TPSA) is 43.6 Å². The van der Waals surface area contributed by atoms with Crippen molar-refractivity contribution in [3.63, 3.8) is 0 Å². The second-order valence-corrected chi connectivity index (χ2v) is 9.43. The molecule has 0 fully saturated rings. The minimum atomic E-state index is -10.7. The van der Waals surface area contributed by atoms with E-state index in [1.54, 1.807) is 0 Å². The summed E-state index contributed by atoms with van der Waals surface area (Å²) in [6.07, 6.45) is 2.89. The number of likely N-dealkylation sites (N-methyl/N-ethyl adjacent to an activating group) is 1. The van der Waals surface area contributed by atoms with Gasteiger partial charge in [-0.25, -0.2) is 4.90 Å². The third-order valence-electron chi connectivity index (χ3n) is 5.06. The van der Waals surface area contributed by atoms with Gasteiger partial charge in [0, 0.05) is 28.4 Å². The Hall–Kier alpha value is -2.68. The van der Waals surface area contributed by atoms with Gasteiger partial charge in [-0.1, -0.05) is 19.1 Å². The molecule has 12 heteroatoms. The summed E-state index contributed by atoms with van der Waals surface area (Å²) >= 11 is 0. The first-order valence-corrected chi connectivity index (χ1v) is 12.0. The zero-order valence-electron chi connectivity index (χ0n) is 17.4. The summed E-state index contributed by atoms with van der Waals surface area (Å²) < 4.78 is 61.5. The molecule has 2 aromatic carbocycles. The molecule has 0 unspecified atom stereocenters. The number of hydrogen-bond acceptors (Lipinski definition) is 3. The molecule has 2 heterocycles. The predicted molar refractivity (Wildman–Crippen MR) is 112 cm³/mol. The van der Waals surface area contributed by atoms with Gasteiger partial charge in [-0.15, -0.1) is 0 Å². The van der Waals surface area contributed by atoms with E-state index in [9.17, 15) is 34.8 Å². The fraction of sp³-hybridized carbons (Fsp3) is 0.350. The van der Waals surface area contributed by atoms with E-state index in [1.165, 1.54) is 4.90 Å². The van der Waals surface area contributed by atoms with E-state index in [0.29, 0.717) is 17.7 Å². The Kier molecular flexibility index (Phi) is 5.57. The zero-order chi connectivity index (χ0) is 24.0. The van der Waals surface area contributed by atoms with Crippen molar-refractivity contribution in [1.82, 2.24) is 4.90 Å². The van der Waals surface area contributed by atoms with Gasteiger partial charge in [0.15, 0.2) is 0 Å². The third-order valence-corrected chi connectivity index (χ3v) is 5.06. The number of halogens is 6. The molecule has 32 heavy (non-hydrogen) atoms. The van der Waals surface area contributed by atoms with Crippen LogP contribution in [-0.4, -0.2) is 53.8 Å². The van der Waals surface area contributed by atoms with E-state index in [-0.39, 0.29) is 11.8 Å². The number of amides is 2. The standard InChI is InChI=1S/C20H22N3O2.F6P/c1-3-10-23-19(24)15-7-5-6-14-17(22-12-11-21(4-2)13-22)9-8-16(18(14)15)20(23)25;1-7(2,3,4,5)6/h5-9,13H,3-4,10-12H2,1-2H3;/q+1;-1. The van der Waals surface area contributed by atoms with E-state index in [2.05, 4.69) is 22.7 Å². The van der Waals surface area contributed by atoms with Crippen LogP contribution in [0.25, 0.3) is 10.8 Å². The first kappa shape index (κ1) is 24.0. The quantitative estimate of drug-likeness (QED) is 0.229. The van der Waals surface area contributed by atoms with Crippen molar-refractivity contribution in [3.05, 3.63) is 41.5 Å². The molecule has 4 rings (SSSR count). The molecule has 0 radical (unpaired) electrons. The number of imide groups is 1. The van der Waals surface area contributed by atoms with Crippen molar-refractivity contribution in [2.45, 2.75) is 20.3 Å². The van der Waals surface area contributed by atoms with Crippen LogP contribution >= 0.6 is 7.81 Å². The molecule has 0 N–H and O–H groups in total. The summed E-state index contributed by atoms with van der Waals surface area (Å²) in [4.78, 5) is 29.2. The SMILES string of the molecule is CCCN1C(=O)c2cccc3c(N4C=[N+](CC)CC4)ccc(c23)C1=O.F[P-](F)(F)(F)(F)F. The van der Waals surface area contributed by atoms with Gasteiger partial charge < -0.3 is 0 Å². The first-order valence-electron chi connectivity index (χ1n) is 9.94. The molecule has 2 amide bonds. The van der Waals surface area contributed by atoms with Crippen molar-refractivity contribution >= 4 is 42.4 Å². The third kappa shape index (κ3) is 5.56. The number of carbonyl (C=O) groups is 2. The Labute approximate surface area is 180 Å². The zero-order valence-corrected chi connectivity index (χ0v) is 18.3. The van der Waals surface area contributed by atoms with Crippen molar-refractivity contribution < 1.29 is 39.3 Å². The molecular formula is C20H22F6N3O2P. The predicted octanol–water partition coefficient (Wildman–Crippen LogP) is 6.11.